The van der Waals surface area contributed by atoms with Gasteiger partial charge >= 0.3 is 0 Å². The van der Waals surface area contributed by atoms with E-state index in [9.17, 15) is 0 Å². The van der Waals surface area contributed by atoms with E-state index in [2.05, 4.69) is 32.9 Å². The Morgan fingerprint density at radius 2 is 1.85 bits per heavy atom. The SMILES string of the molecule is COc1ccc(CNC(=S)N/N=C\c2ccc(N3CCOCC3)cc2)cc1. The fourth-order valence-corrected chi connectivity index (χ4v) is 2.85. The summed E-state index contributed by atoms with van der Waals surface area (Å²) in [4.78, 5) is 2.32. The zero-order chi connectivity index (χ0) is 18.9. The highest BCUT2D eigenvalue weighted by molar-refractivity contribution is 7.80. The van der Waals surface area contributed by atoms with Gasteiger partial charge in [0, 0.05) is 25.3 Å². The third-order valence-corrected chi connectivity index (χ3v) is 4.50. The number of rotatable bonds is 6. The molecule has 7 heteroatoms. The Balaban J connectivity index is 1.43. The molecule has 2 aromatic rings. The van der Waals surface area contributed by atoms with Crippen LogP contribution in [0, 0.1) is 0 Å². The summed E-state index contributed by atoms with van der Waals surface area (Å²) < 4.78 is 10.5. The molecule has 1 aliphatic heterocycles. The molecule has 2 N–H and O–H groups in total. The second-order valence-electron chi connectivity index (χ2n) is 6.09. The van der Waals surface area contributed by atoms with Crippen LogP contribution in [0.25, 0.3) is 0 Å². The first-order valence-corrected chi connectivity index (χ1v) is 9.28. The lowest BCUT2D eigenvalue weighted by atomic mass is 10.2. The van der Waals surface area contributed by atoms with E-state index in [0.29, 0.717) is 11.7 Å². The standard InChI is InChI=1S/C20H24N4O2S/c1-25-19-8-4-16(5-9-19)14-21-20(27)23-22-15-17-2-6-18(7-3-17)24-10-12-26-13-11-24/h2-9,15H,10-14H2,1H3,(H2,21,23,27)/b22-15-. The zero-order valence-corrected chi connectivity index (χ0v) is 16.2. The summed E-state index contributed by atoms with van der Waals surface area (Å²) in [5.41, 5.74) is 6.17. The molecule has 6 nitrogen and oxygen atoms in total. The Labute approximate surface area is 165 Å². The number of methoxy groups -OCH3 is 1. The molecular weight excluding hydrogens is 360 g/mol. The van der Waals surface area contributed by atoms with Gasteiger partial charge in [-0.2, -0.15) is 5.10 Å². The van der Waals surface area contributed by atoms with Gasteiger partial charge in [-0.25, -0.2) is 0 Å². The van der Waals surface area contributed by atoms with Crippen LogP contribution >= 0.6 is 12.2 Å². The van der Waals surface area contributed by atoms with Gasteiger partial charge in [-0.3, -0.25) is 5.43 Å². The second-order valence-corrected chi connectivity index (χ2v) is 6.50. The van der Waals surface area contributed by atoms with Crippen LogP contribution in [0.15, 0.2) is 53.6 Å². The van der Waals surface area contributed by atoms with Crippen molar-refractivity contribution in [2.75, 3.05) is 38.3 Å². The lowest BCUT2D eigenvalue weighted by Crippen LogP contribution is -2.36. The largest absolute Gasteiger partial charge is 0.497 e. The van der Waals surface area contributed by atoms with Crippen molar-refractivity contribution in [3.8, 4) is 5.75 Å². The van der Waals surface area contributed by atoms with Crippen molar-refractivity contribution in [2.45, 2.75) is 6.54 Å². The summed E-state index contributed by atoms with van der Waals surface area (Å²) in [5, 5.41) is 7.79. The molecule has 3 rings (SSSR count). The lowest BCUT2D eigenvalue weighted by molar-refractivity contribution is 0.122. The number of hydrazone groups is 1. The molecule has 27 heavy (non-hydrogen) atoms. The maximum Gasteiger partial charge on any atom is 0.187 e. The molecule has 1 saturated heterocycles. The normalized spacial score (nSPS) is 14.2. The summed E-state index contributed by atoms with van der Waals surface area (Å²) in [6, 6.07) is 16.1. The van der Waals surface area contributed by atoms with Gasteiger partial charge in [0.2, 0.25) is 0 Å². The first kappa shape index (κ1) is 19.1. The highest BCUT2D eigenvalue weighted by atomic mass is 32.1. The predicted octanol–water partition coefficient (Wildman–Crippen LogP) is 2.53. The third-order valence-electron chi connectivity index (χ3n) is 4.26. The smallest absolute Gasteiger partial charge is 0.187 e. The average molecular weight is 385 g/mol. The van der Waals surface area contributed by atoms with Crippen LogP contribution < -0.4 is 20.4 Å². The number of morpholine rings is 1. The molecule has 0 atom stereocenters. The van der Waals surface area contributed by atoms with Crippen molar-refractivity contribution < 1.29 is 9.47 Å². The number of hydrogen-bond donors (Lipinski definition) is 2. The Morgan fingerprint density at radius 3 is 2.52 bits per heavy atom. The minimum absolute atomic E-state index is 0.479. The van der Waals surface area contributed by atoms with Crippen LogP contribution in [0.1, 0.15) is 11.1 Å². The van der Waals surface area contributed by atoms with Gasteiger partial charge in [-0.05, 0) is 47.6 Å². The number of benzene rings is 2. The average Bonchev–Trinajstić information content (AvgIpc) is 2.74. The first-order valence-electron chi connectivity index (χ1n) is 8.87. The van der Waals surface area contributed by atoms with Crippen molar-refractivity contribution in [3.05, 3.63) is 59.7 Å². The van der Waals surface area contributed by atoms with E-state index >= 15 is 0 Å². The third kappa shape index (κ3) is 5.94. The molecule has 0 radical (unpaired) electrons. The monoisotopic (exact) mass is 384 g/mol. The maximum atomic E-state index is 5.38. The van der Waals surface area contributed by atoms with Crippen LogP contribution in [-0.4, -0.2) is 44.7 Å². The molecule has 142 valence electrons. The zero-order valence-electron chi connectivity index (χ0n) is 15.4. The van der Waals surface area contributed by atoms with Crippen LogP contribution in [-0.2, 0) is 11.3 Å². The van der Waals surface area contributed by atoms with E-state index in [1.807, 2.05) is 36.4 Å². The molecule has 1 heterocycles. The number of anilines is 1. The van der Waals surface area contributed by atoms with Crippen LogP contribution in [0.3, 0.4) is 0 Å². The predicted molar refractivity (Wildman–Crippen MR) is 113 cm³/mol. The van der Waals surface area contributed by atoms with Crippen LogP contribution in [0.5, 0.6) is 5.75 Å². The Morgan fingerprint density at radius 1 is 1.15 bits per heavy atom. The molecule has 0 unspecified atom stereocenters. The number of ether oxygens (including phenoxy) is 2. The fourth-order valence-electron chi connectivity index (χ4n) is 2.72. The molecule has 0 saturated carbocycles. The molecule has 0 aliphatic carbocycles. The number of hydrogen-bond acceptors (Lipinski definition) is 5. The molecule has 0 bridgehead atoms. The van der Waals surface area contributed by atoms with E-state index in [-0.39, 0.29) is 0 Å². The van der Waals surface area contributed by atoms with Gasteiger partial charge < -0.3 is 19.7 Å². The summed E-state index contributed by atoms with van der Waals surface area (Å²) in [7, 11) is 1.65. The summed E-state index contributed by atoms with van der Waals surface area (Å²) >= 11 is 5.24. The minimum atomic E-state index is 0.479. The molecule has 0 aromatic heterocycles. The molecule has 1 fully saturated rings. The number of nitrogens with zero attached hydrogens (tertiary/aromatic N) is 2. The molecule has 1 aliphatic rings. The van der Waals surface area contributed by atoms with Crippen molar-refractivity contribution >= 4 is 29.2 Å². The highest BCUT2D eigenvalue weighted by Crippen LogP contribution is 2.16. The van der Waals surface area contributed by atoms with E-state index < -0.39 is 0 Å². The van der Waals surface area contributed by atoms with Gasteiger partial charge in [0.1, 0.15) is 5.75 Å². The van der Waals surface area contributed by atoms with Crippen molar-refractivity contribution in [2.24, 2.45) is 5.10 Å². The molecule has 0 spiro atoms. The van der Waals surface area contributed by atoms with E-state index in [1.165, 1.54) is 5.69 Å². The second kappa shape index (κ2) is 9.89. The fraction of sp³-hybridized carbons (Fsp3) is 0.300. The molecular formula is C20H24N4O2S. The minimum Gasteiger partial charge on any atom is -0.497 e. The lowest BCUT2D eigenvalue weighted by Gasteiger charge is -2.28. The Kier molecular flexibility index (Phi) is 7.01. The summed E-state index contributed by atoms with van der Waals surface area (Å²) in [6.07, 6.45) is 1.75. The Bertz CT molecular complexity index is 757. The van der Waals surface area contributed by atoms with Gasteiger partial charge in [-0.1, -0.05) is 24.3 Å². The maximum absolute atomic E-state index is 5.38. The topological polar surface area (TPSA) is 58.1 Å². The number of thiocarbonyl (C=S) groups is 1. The first-order chi connectivity index (χ1) is 13.2. The summed E-state index contributed by atoms with van der Waals surface area (Å²) in [6.45, 7) is 4.06. The number of nitrogens with one attached hydrogen (secondary N) is 2. The molecule has 0 amide bonds. The van der Waals surface area contributed by atoms with Crippen molar-refractivity contribution in [1.29, 1.82) is 0 Å². The highest BCUT2D eigenvalue weighted by Gasteiger charge is 2.10. The summed E-state index contributed by atoms with van der Waals surface area (Å²) in [5.74, 6) is 0.837. The van der Waals surface area contributed by atoms with E-state index in [1.54, 1.807) is 13.3 Å². The quantitative estimate of drug-likeness (QED) is 0.453. The van der Waals surface area contributed by atoms with Crippen LogP contribution in [0.4, 0.5) is 5.69 Å². The van der Waals surface area contributed by atoms with Gasteiger partial charge in [0.25, 0.3) is 0 Å². The van der Waals surface area contributed by atoms with Crippen LogP contribution in [0.2, 0.25) is 0 Å². The van der Waals surface area contributed by atoms with Crippen molar-refractivity contribution in [3.63, 3.8) is 0 Å². The van der Waals surface area contributed by atoms with Crippen molar-refractivity contribution in [1.82, 2.24) is 10.7 Å². The van der Waals surface area contributed by atoms with Gasteiger partial charge in [-0.15, -0.1) is 0 Å². The molecule has 2 aromatic carbocycles. The van der Waals surface area contributed by atoms with Gasteiger partial charge in [0.05, 0.1) is 26.5 Å². The van der Waals surface area contributed by atoms with Gasteiger partial charge in [0.15, 0.2) is 5.11 Å². The Hall–Kier alpha value is -2.64. The van der Waals surface area contributed by atoms with E-state index in [4.69, 9.17) is 21.7 Å². The van der Waals surface area contributed by atoms with E-state index in [0.717, 1.165) is 43.2 Å².